The van der Waals surface area contributed by atoms with Gasteiger partial charge in [-0.1, -0.05) is 0 Å². The number of aromatic carboxylic acids is 1. The zero-order valence-corrected chi connectivity index (χ0v) is 10.8. The number of ether oxygens (including phenoxy) is 1. The van der Waals surface area contributed by atoms with Crippen LogP contribution in [0.15, 0.2) is 17.0 Å². The lowest BCUT2D eigenvalue weighted by Gasteiger charge is -2.26. The highest BCUT2D eigenvalue weighted by atomic mass is 32.2. The van der Waals surface area contributed by atoms with E-state index in [1.165, 1.54) is 6.92 Å². The van der Waals surface area contributed by atoms with Gasteiger partial charge in [-0.15, -0.1) is 0 Å². The van der Waals surface area contributed by atoms with Crippen molar-refractivity contribution in [3.63, 3.8) is 0 Å². The fourth-order valence-corrected chi connectivity index (χ4v) is 2.95. The number of carboxylic acid groups (broad SMARTS) is 1. The minimum absolute atomic E-state index is 0.0369. The van der Waals surface area contributed by atoms with E-state index in [0.717, 1.165) is 12.1 Å². The molecule has 1 heterocycles. The number of rotatable bonds is 4. The van der Waals surface area contributed by atoms with Crippen LogP contribution in [0.25, 0.3) is 0 Å². The highest BCUT2D eigenvalue weighted by molar-refractivity contribution is 7.89. The Hall–Kier alpha value is -1.51. The van der Waals surface area contributed by atoms with Gasteiger partial charge in [0.2, 0.25) is 10.0 Å². The van der Waals surface area contributed by atoms with Gasteiger partial charge >= 0.3 is 5.97 Å². The van der Waals surface area contributed by atoms with Gasteiger partial charge in [-0.25, -0.2) is 22.3 Å². The first-order valence-corrected chi connectivity index (χ1v) is 6.93. The summed E-state index contributed by atoms with van der Waals surface area (Å²) in [6.45, 7) is 1.85. The lowest BCUT2D eigenvalue weighted by atomic mass is 10.1. The second kappa shape index (κ2) is 4.87. The Kier molecular flexibility index (Phi) is 3.57. The van der Waals surface area contributed by atoms with Gasteiger partial charge in [-0.2, -0.15) is 0 Å². The molecule has 0 saturated carbocycles. The van der Waals surface area contributed by atoms with Gasteiger partial charge in [0.05, 0.1) is 29.7 Å². The summed E-state index contributed by atoms with van der Waals surface area (Å²) < 4.78 is 44.7. The predicted octanol–water partition coefficient (Wildman–Crippen LogP) is 0.509. The Labute approximate surface area is 109 Å². The van der Waals surface area contributed by atoms with Crippen molar-refractivity contribution in [3.05, 3.63) is 29.1 Å². The van der Waals surface area contributed by atoms with Crippen molar-refractivity contribution in [1.29, 1.82) is 0 Å². The zero-order valence-electron chi connectivity index (χ0n) is 10.0. The number of aryl methyl sites for hydroxylation is 1. The molecule has 19 heavy (non-hydrogen) atoms. The molecule has 0 bridgehead atoms. The Balaban J connectivity index is 2.41. The second-order valence-electron chi connectivity index (χ2n) is 4.26. The first-order valence-electron chi connectivity index (χ1n) is 5.45. The van der Waals surface area contributed by atoms with Crippen LogP contribution in [0, 0.1) is 12.7 Å². The smallest absolute Gasteiger partial charge is 0.338 e. The third kappa shape index (κ3) is 2.75. The average molecular weight is 289 g/mol. The molecule has 2 rings (SSSR count). The van der Waals surface area contributed by atoms with Gasteiger partial charge in [0.1, 0.15) is 5.82 Å². The fraction of sp³-hybridized carbons (Fsp3) is 0.364. The molecule has 8 heteroatoms. The number of benzene rings is 1. The normalized spacial score (nSPS) is 16.1. The minimum Gasteiger partial charge on any atom is -0.478 e. The van der Waals surface area contributed by atoms with Gasteiger partial charge in [0.25, 0.3) is 0 Å². The van der Waals surface area contributed by atoms with E-state index < -0.39 is 27.4 Å². The van der Waals surface area contributed by atoms with Gasteiger partial charge in [0, 0.05) is 0 Å². The number of hydrogen-bond acceptors (Lipinski definition) is 4. The van der Waals surface area contributed by atoms with Crippen LogP contribution in [0.5, 0.6) is 0 Å². The summed E-state index contributed by atoms with van der Waals surface area (Å²) in [5.41, 5.74) is -0.699. The van der Waals surface area contributed by atoms with Crippen molar-refractivity contribution in [3.8, 4) is 0 Å². The molecule has 1 fully saturated rings. The predicted molar refractivity (Wildman–Crippen MR) is 63.0 cm³/mol. The quantitative estimate of drug-likeness (QED) is 0.842. The van der Waals surface area contributed by atoms with Crippen LogP contribution in [0.4, 0.5) is 4.39 Å². The van der Waals surface area contributed by atoms with Crippen molar-refractivity contribution >= 4 is 16.0 Å². The number of hydrogen-bond donors (Lipinski definition) is 2. The van der Waals surface area contributed by atoms with Crippen molar-refractivity contribution < 1.29 is 27.4 Å². The van der Waals surface area contributed by atoms with Crippen LogP contribution in [-0.4, -0.2) is 38.7 Å². The average Bonchev–Trinajstić information content (AvgIpc) is 2.26. The van der Waals surface area contributed by atoms with Crippen LogP contribution in [0.2, 0.25) is 0 Å². The highest BCUT2D eigenvalue weighted by Gasteiger charge is 2.27. The molecular weight excluding hydrogens is 277 g/mol. The number of carbonyl (C=O) groups is 1. The van der Waals surface area contributed by atoms with E-state index in [2.05, 4.69) is 4.72 Å². The summed E-state index contributed by atoms with van der Waals surface area (Å²) >= 11 is 0. The number of nitrogens with one attached hydrogen (secondary N) is 1. The molecule has 6 nitrogen and oxygen atoms in total. The SMILES string of the molecule is Cc1cc(S(=O)(=O)NC2COC2)cc(C(=O)O)c1F. The summed E-state index contributed by atoms with van der Waals surface area (Å²) in [6, 6.07) is 1.58. The van der Waals surface area contributed by atoms with Crippen LogP contribution in [-0.2, 0) is 14.8 Å². The molecule has 104 valence electrons. The maximum atomic E-state index is 13.5. The molecule has 2 N–H and O–H groups in total. The molecule has 0 aliphatic carbocycles. The van der Waals surface area contributed by atoms with E-state index in [0.29, 0.717) is 0 Å². The van der Waals surface area contributed by atoms with E-state index in [1.54, 1.807) is 0 Å². The highest BCUT2D eigenvalue weighted by Crippen LogP contribution is 2.20. The first-order chi connectivity index (χ1) is 8.81. The second-order valence-corrected chi connectivity index (χ2v) is 5.98. The van der Waals surface area contributed by atoms with Gasteiger partial charge in [-0.3, -0.25) is 0 Å². The number of halogens is 1. The summed E-state index contributed by atoms with van der Waals surface area (Å²) in [5, 5.41) is 8.84. The van der Waals surface area contributed by atoms with Gasteiger partial charge in [-0.05, 0) is 24.6 Å². The van der Waals surface area contributed by atoms with Crippen LogP contribution in [0.3, 0.4) is 0 Å². The molecular formula is C11H12FNO5S. The fourth-order valence-electron chi connectivity index (χ4n) is 1.64. The lowest BCUT2D eigenvalue weighted by molar-refractivity contribution is 0.00482. The van der Waals surface area contributed by atoms with Crippen LogP contribution < -0.4 is 4.72 Å². The molecule has 0 radical (unpaired) electrons. The monoisotopic (exact) mass is 289 g/mol. The summed E-state index contributed by atoms with van der Waals surface area (Å²) in [4.78, 5) is 10.6. The Morgan fingerprint density at radius 2 is 2.11 bits per heavy atom. The Morgan fingerprint density at radius 1 is 1.47 bits per heavy atom. The Bertz CT molecular complexity index is 624. The molecule has 0 aromatic heterocycles. The largest absolute Gasteiger partial charge is 0.478 e. The van der Waals surface area contributed by atoms with Gasteiger partial charge < -0.3 is 9.84 Å². The van der Waals surface area contributed by atoms with Crippen molar-refractivity contribution in [2.75, 3.05) is 13.2 Å². The minimum atomic E-state index is -3.88. The molecule has 0 unspecified atom stereocenters. The van der Waals surface area contributed by atoms with Crippen molar-refractivity contribution in [1.82, 2.24) is 4.72 Å². The van der Waals surface area contributed by atoms with E-state index in [-0.39, 0.29) is 29.7 Å². The third-order valence-corrected chi connectivity index (χ3v) is 4.23. The van der Waals surface area contributed by atoms with Crippen LogP contribution >= 0.6 is 0 Å². The standard InChI is InChI=1S/C11H12FNO5S/c1-6-2-8(3-9(10(6)12)11(14)15)19(16,17)13-7-4-18-5-7/h2-3,7,13H,4-5H2,1H3,(H,14,15). The van der Waals surface area contributed by atoms with E-state index in [9.17, 15) is 17.6 Å². The van der Waals surface area contributed by atoms with Crippen molar-refractivity contribution in [2.24, 2.45) is 0 Å². The summed E-state index contributed by atoms with van der Waals surface area (Å²) in [5.74, 6) is -2.44. The molecule has 0 atom stereocenters. The molecule has 0 spiro atoms. The van der Waals surface area contributed by atoms with Crippen LogP contribution in [0.1, 0.15) is 15.9 Å². The number of carboxylic acids is 1. The third-order valence-electron chi connectivity index (χ3n) is 2.73. The van der Waals surface area contributed by atoms with E-state index in [4.69, 9.17) is 9.84 Å². The summed E-state index contributed by atoms with van der Waals surface area (Å²) in [7, 11) is -3.88. The van der Waals surface area contributed by atoms with E-state index >= 15 is 0 Å². The maximum Gasteiger partial charge on any atom is 0.338 e. The number of sulfonamides is 1. The molecule has 0 amide bonds. The summed E-state index contributed by atoms with van der Waals surface area (Å²) in [6.07, 6.45) is 0. The van der Waals surface area contributed by atoms with E-state index in [1.807, 2.05) is 0 Å². The molecule has 1 saturated heterocycles. The molecule has 1 aliphatic heterocycles. The van der Waals surface area contributed by atoms with Gasteiger partial charge in [0.15, 0.2) is 0 Å². The maximum absolute atomic E-state index is 13.5. The Morgan fingerprint density at radius 3 is 2.58 bits per heavy atom. The first kappa shape index (κ1) is 13.9. The molecule has 1 aromatic carbocycles. The lowest BCUT2D eigenvalue weighted by Crippen LogP contribution is -2.48. The van der Waals surface area contributed by atoms with Crippen molar-refractivity contribution in [2.45, 2.75) is 17.9 Å². The topological polar surface area (TPSA) is 92.7 Å². The zero-order chi connectivity index (χ0) is 14.2. The molecule has 1 aromatic rings. The molecule has 1 aliphatic rings.